The zero-order valence-corrected chi connectivity index (χ0v) is 15.4. The maximum Gasteiger partial charge on any atom is 0.251 e. The summed E-state index contributed by atoms with van der Waals surface area (Å²) in [4.78, 5) is 12.6. The lowest BCUT2D eigenvalue weighted by Gasteiger charge is -2.18. The molecule has 1 unspecified atom stereocenters. The number of hydrogen-bond acceptors (Lipinski definition) is 4. The lowest BCUT2D eigenvalue weighted by molar-refractivity contribution is 0.0730. The Bertz CT molecular complexity index is 664. The molecular weight excluding hydrogens is 318 g/mol. The predicted octanol–water partition coefficient (Wildman–Crippen LogP) is 4.13. The average Bonchev–Trinajstić information content (AvgIpc) is 3.10. The molecule has 0 fully saturated rings. The second-order valence-electron chi connectivity index (χ2n) is 6.39. The van der Waals surface area contributed by atoms with Crippen molar-refractivity contribution in [3.05, 3.63) is 53.5 Å². The van der Waals surface area contributed by atoms with Gasteiger partial charge in [-0.1, -0.05) is 13.8 Å². The van der Waals surface area contributed by atoms with Gasteiger partial charge in [-0.2, -0.15) is 0 Å². The quantitative estimate of drug-likeness (QED) is 0.742. The minimum absolute atomic E-state index is 0.166. The first-order valence-electron chi connectivity index (χ1n) is 8.66. The van der Waals surface area contributed by atoms with Gasteiger partial charge < -0.3 is 19.2 Å². The Balaban J connectivity index is 2.07. The van der Waals surface area contributed by atoms with E-state index in [2.05, 4.69) is 19.2 Å². The summed E-state index contributed by atoms with van der Waals surface area (Å²) in [6.45, 7) is 9.64. The average molecular weight is 345 g/mol. The summed E-state index contributed by atoms with van der Waals surface area (Å²) in [6, 6.07) is 8.74. The Morgan fingerprint density at radius 1 is 1.24 bits per heavy atom. The van der Waals surface area contributed by atoms with Crippen LogP contribution in [0.2, 0.25) is 0 Å². The molecule has 1 aromatic heterocycles. The zero-order valence-electron chi connectivity index (χ0n) is 15.4. The number of carbonyl (C=O) groups is 1. The summed E-state index contributed by atoms with van der Waals surface area (Å²) in [5.74, 6) is 1.74. The minimum atomic E-state index is -0.326. The molecule has 1 heterocycles. The summed E-state index contributed by atoms with van der Waals surface area (Å²) in [5.41, 5.74) is 1.52. The van der Waals surface area contributed by atoms with E-state index >= 15 is 0 Å². The standard InChI is InChI=1S/C20H27NO4/c1-5-24-18-9-8-16(11-15(18)4)20(22)21-17(13-23-12-14(2)3)19-7-6-10-25-19/h6-11,14,17H,5,12-13H2,1-4H3,(H,21,22). The lowest BCUT2D eigenvalue weighted by Crippen LogP contribution is -2.31. The van der Waals surface area contributed by atoms with Crippen molar-refractivity contribution in [2.45, 2.75) is 33.7 Å². The number of hydrogen-bond donors (Lipinski definition) is 1. The Labute approximate surface area is 149 Å². The molecule has 2 rings (SSSR count). The first kappa shape index (κ1) is 19.1. The number of carbonyl (C=O) groups excluding carboxylic acids is 1. The third-order valence-electron chi connectivity index (χ3n) is 3.66. The fraction of sp³-hybridized carbons (Fsp3) is 0.450. The van der Waals surface area contributed by atoms with Crippen LogP contribution in [0.1, 0.15) is 48.5 Å². The van der Waals surface area contributed by atoms with E-state index in [1.807, 2.05) is 32.0 Å². The van der Waals surface area contributed by atoms with Crippen molar-refractivity contribution in [3.63, 3.8) is 0 Å². The van der Waals surface area contributed by atoms with Crippen molar-refractivity contribution in [2.75, 3.05) is 19.8 Å². The normalized spacial score (nSPS) is 12.2. The van der Waals surface area contributed by atoms with Gasteiger partial charge in [-0.25, -0.2) is 0 Å². The third-order valence-corrected chi connectivity index (χ3v) is 3.66. The number of nitrogens with one attached hydrogen (secondary N) is 1. The van der Waals surface area contributed by atoms with E-state index in [4.69, 9.17) is 13.9 Å². The van der Waals surface area contributed by atoms with Gasteiger partial charge in [0.25, 0.3) is 5.91 Å². The molecule has 2 aromatic rings. The fourth-order valence-corrected chi connectivity index (χ4v) is 2.46. The van der Waals surface area contributed by atoms with E-state index in [0.29, 0.717) is 37.1 Å². The van der Waals surface area contributed by atoms with Crippen molar-refractivity contribution in [3.8, 4) is 5.75 Å². The van der Waals surface area contributed by atoms with Gasteiger partial charge in [-0.3, -0.25) is 4.79 Å². The number of rotatable bonds is 9. The topological polar surface area (TPSA) is 60.7 Å². The van der Waals surface area contributed by atoms with Gasteiger partial charge in [-0.15, -0.1) is 0 Å². The lowest BCUT2D eigenvalue weighted by atomic mass is 10.1. The Morgan fingerprint density at radius 2 is 2.04 bits per heavy atom. The van der Waals surface area contributed by atoms with Crippen LogP contribution in [-0.4, -0.2) is 25.7 Å². The van der Waals surface area contributed by atoms with Crippen LogP contribution >= 0.6 is 0 Å². The van der Waals surface area contributed by atoms with Crippen molar-refractivity contribution < 1.29 is 18.7 Å². The Hall–Kier alpha value is -2.27. The van der Waals surface area contributed by atoms with E-state index in [1.54, 1.807) is 18.4 Å². The molecule has 0 aliphatic carbocycles. The summed E-state index contributed by atoms with van der Waals surface area (Å²) >= 11 is 0. The molecule has 1 aromatic carbocycles. The maximum atomic E-state index is 12.6. The highest BCUT2D eigenvalue weighted by Gasteiger charge is 2.19. The summed E-state index contributed by atoms with van der Waals surface area (Å²) in [5, 5.41) is 2.99. The molecule has 1 atom stereocenters. The van der Waals surface area contributed by atoms with Crippen molar-refractivity contribution in [1.82, 2.24) is 5.32 Å². The van der Waals surface area contributed by atoms with Gasteiger partial charge in [0.2, 0.25) is 0 Å². The van der Waals surface area contributed by atoms with Gasteiger partial charge >= 0.3 is 0 Å². The predicted molar refractivity (Wildman–Crippen MR) is 96.9 cm³/mol. The molecule has 5 nitrogen and oxygen atoms in total. The molecular formula is C20H27NO4. The van der Waals surface area contributed by atoms with Crippen LogP contribution in [0.3, 0.4) is 0 Å². The summed E-state index contributed by atoms with van der Waals surface area (Å²) in [7, 11) is 0. The first-order chi connectivity index (χ1) is 12.0. The van der Waals surface area contributed by atoms with E-state index in [1.165, 1.54) is 0 Å². The van der Waals surface area contributed by atoms with Gasteiger partial charge in [-0.05, 0) is 55.7 Å². The smallest absolute Gasteiger partial charge is 0.251 e. The minimum Gasteiger partial charge on any atom is -0.494 e. The molecule has 0 saturated carbocycles. The second-order valence-corrected chi connectivity index (χ2v) is 6.39. The second kappa shape index (κ2) is 9.28. The molecule has 0 aliphatic heterocycles. The van der Waals surface area contributed by atoms with Crippen molar-refractivity contribution >= 4 is 5.91 Å². The highest BCUT2D eigenvalue weighted by Crippen LogP contribution is 2.20. The fourth-order valence-electron chi connectivity index (χ4n) is 2.46. The monoisotopic (exact) mass is 345 g/mol. The molecule has 5 heteroatoms. The molecule has 136 valence electrons. The maximum absolute atomic E-state index is 12.6. The van der Waals surface area contributed by atoms with Crippen molar-refractivity contribution in [2.24, 2.45) is 5.92 Å². The van der Waals surface area contributed by atoms with Crippen molar-refractivity contribution in [1.29, 1.82) is 0 Å². The third kappa shape index (κ3) is 5.64. The molecule has 1 amide bonds. The van der Waals surface area contributed by atoms with E-state index in [0.717, 1.165) is 11.3 Å². The van der Waals surface area contributed by atoms with E-state index in [-0.39, 0.29) is 11.9 Å². The first-order valence-corrected chi connectivity index (χ1v) is 8.66. The Morgan fingerprint density at radius 3 is 2.64 bits per heavy atom. The molecule has 25 heavy (non-hydrogen) atoms. The van der Waals surface area contributed by atoms with Gasteiger partial charge in [0, 0.05) is 12.2 Å². The summed E-state index contributed by atoms with van der Waals surface area (Å²) in [6.07, 6.45) is 1.60. The van der Waals surface area contributed by atoms with Crippen LogP contribution in [0.5, 0.6) is 5.75 Å². The SMILES string of the molecule is CCOc1ccc(C(=O)NC(COCC(C)C)c2ccco2)cc1C. The number of aryl methyl sites for hydroxylation is 1. The van der Waals surface area contributed by atoms with Crippen LogP contribution in [-0.2, 0) is 4.74 Å². The van der Waals surface area contributed by atoms with E-state index in [9.17, 15) is 4.79 Å². The van der Waals surface area contributed by atoms with Crippen LogP contribution in [0.4, 0.5) is 0 Å². The van der Waals surface area contributed by atoms with Gasteiger partial charge in [0.05, 0.1) is 19.5 Å². The van der Waals surface area contributed by atoms with Crippen LogP contribution in [0, 0.1) is 12.8 Å². The van der Waals surface area contributed by atoms with Crippen LogP contribution in [0.15, 0.2) is 41.0 Å². The van der Waals surface area contributed by atoms with Crippen LogP contribution < -0.4 is 10.1 Å². The van der Waals surface area contributed by atoms with Crippen LogP contribution in [0.25, 0.3) is 0 Å². The highest BCUT2D eigenvalue weighted by molar-refractivity contribution is 5.94. The molecule has 0 saturated heterocycles. The van der Waals surface area contributed by atoms with Gasteiger partial charge in [0.1, 0.15) is 17.6 Å². The number of benzene rings is 1. The molecule has 0 bridgehead atoms. The zero-order chi connectivity index (χ0) is 18.2. The van der Waals surface area contributed by atoms with Gasteiger partial charge in [0.15, 0.2) is 0 Å². The molecule has 0 aliphatic rings. The number of furan rings is 1. The highest BCUT2D eigenvalue weighted by atomic mass is 16.5. The molecule has 1 N–H and O–H groups in total. The number of amides is 1. The summed E-state index contributed by atoms with van der Waals surface area (Å²) < 4.78 is 16.7. The molecule has 0 radical (unpaired) electrons. The number of ether oxygens (including phenoxy) is 2. The molecule has 0 spiro atoms. The largest absolute Gasteiger partial charge is 0.494 e. The Kier molecular flexibility index (Phi) is 7.07. The van der Waals surface area contributed by atoms with E-state index < -0.39 is 0 Å².